The number of alkyl halides is 1. The minimum absolute atomic E-state index is 0.360. The first-order valence-electron chi connectivity index (χ1n) is 3.21. The van der Waals surface area contributed by atoms with Gasteiger partial charge in [0, 0.05) is 0 Å². The molecule has 0 aromatic rings. The molecule has 0 spiro atoms. The second-order valence-electron chi connectivity index (χ2n) is 2.49. The number of hydrogen-bond donors (Lipinski definition) is 1. The van der Waals surface area contributed by atoms with Gasteiger partial charge in [0.05, 0.1) is 0 Å². The molecule has 0 aliphatic heterocycles. The quantitative estimate of drug-likeness (QED) is 0.651. The van der Waals surface area contributed by atoms with Gasteiger partial charge in [-0.3, -0.25) is 0 Å². The van der Waals surface area contributed by atoms with Crippen molar-refractivity contribution in [3.05, 3.63) is 23.8 Å². The summed E-state index contributed by atoms with van der Waals surface area (Å²) in [5.74, 6) is 0. The van der Waals surface area contributed by atoms with Gasteiger partial charge >= 0.3 is 0 Å². The molecule has 1 aliphatic carbocycles. The van der Waals surface area contributed by atoms with Crippen LogP contribution in [0.1, 0.15) is 13.3 Å². The SMILES string of the molecule is CC(F)(C1=CC=CC1)S(=O)O. The molecule has 2 unspecified atom stereocenters. The molecule has 0 saturated carbocycles. The van der Waals surface area contributed by atoms with Crippen molar-refractivity contribution in [2.24, 2.45) is 0 Å². The highest BCUT2D eigenvalue weighted by Crippen LogP contribution is 2.30. The summed E-state index contributed by atoms with van der Waals surface area (Å²) in [4.78, 5) is 0. The minimum atomic E-state index is -2.44. The van der Waals surface area contributed by atoms with Gasteiger partial charge in [0.15, 0.2) is 11.1 Å². The van der Waals surface area contributed by atoms with Crippen molar-refractivity contribution < 1.29 is 13.2 Å². The Morgan fingerprint density at radius 3 is 2.82 bits per heavy atom. The van der Waals surface area contributed by atoms with Crippen LogP contribution < -0.4 is 0 Å². The Balaban J connectivity index is 2.81. The summed E-state index contributed by atoms with van der Waals surface area (Å²) in [5.41, 5.74) is 0.360. The third-order valence-corrected chi connectivity index (χ3v) is 2.59. The van der Waals surface area contributed by atoms with Crippen LogP contribution in [0.15, 0.2) is 23.8 Å². The summed E-state index contributed by atoms with van der Waals surface area (Å²) in [7, 11) is 0. The Morgan fingerprint density at radius 2 is 2.45 bits per heavy atom. The smallest absolute Gasteiger partial charge is 0.229 e. The average Bonchev–Trinajstić information content (AvgIpc) is 2.37. The molecule has 0 aromatic carbocycles. The second kappa shape index (κ2) is 2.87. The summed E-state index contributed by atoms with van der Waals surface area (Å²) in [6.45, 7) is 1.11. The highest BCUT2D eigenvalue weighted by Gasteiger charge is 2.34. The van der Waals surface area contributed by atoms with Crippen molar-refractivity contribution in [3.8, 4) is 0 Å². The molecule has 62 valence electrons. The first kappa shape index (κ1) is 8.62. The molecule has 0 radical (unpaired) electrons. The molecule has 0 heterocycles. The summed E-state index contributed by atoms with van der Waals surface area (Å²) in [6, 6.07) is 0. The van der Waals surface area contributed by atoms with Gasteiger partial charge < -0.3 is 4.55 Å². The predicted molar refractivity (Wildman–Crippen MR) is 42.1 cm³/mol. The topological polar surface area (TPSA) is 37.3 Å². The first-order valence-corrected chi connectivity index (χ1v) is 4.32. The standard InChI is InChI=1S/C7H9FO2S/c1-7(8,11(9)10)6-4-2-3-5-6/h2-4H,5H2,1H3,(H,9,10). The number of halogens is 1. The largest absolute Gasteiger partial charge is 0.303 e. The molecule has 2 nitrogen and oxygen atoms in total. The zero-order valence-corrected chi connectivity index (χ0v) is 6.90. The van der Waals surface area contributed by atoms with Crippen LogP contribution in [0.5, 0.6) is 0 Å². The Hall–Kier alpha value is -0.480. The van der Waals surface area contributed by atoms with Crippen LogP contribution in [-0.2, 0) is 11.1 Å². The van der Waals surface area contributed by atoms with Crippen molar-refractivity contribution in [3.63, 3.8) is 0 Å². The molecule has 0 aromatic heterocycles. The van der Waals surface area contributed by atoms with Crippen LogP contribution in [0.4, 0.5) is 4.39 Å². The fourth-order valence-corrected chi connectivity index (χ4v) is 1.27. The molecule has 2 atom stereocenters. The van der Waals surface area contributed by atoms with Crippen molar-refractivity contribution in [2.75, 3.05) is 0 Å². The van der Waals surface area contributed by atoms with Gasteiger partial charge in [-0.1, -0.05) is 18.2 Å². The highest BCUT2D eigenvalue weighted by atomic mass is 32.2. The molecule has 1 aliphatic rings. The Kier molecular flexibility index (Phi) is 2.25. The van der Waals surface area contributed by atoms with E-state index in [0.717, 1.165) is 6.92 Å². The molecular weight excluding hydrogens is 167 g/mol. The first-order chi connectivity index (χ1) is 5.05. The Bertz CT molecular complexity index is 243. The highest BCUT2D eigenvalue weighted by molar-refractivity contribution is 7.80. The number of allylic oxidation sites excluding steroid dienone is 3. The van der Waals surface area contributed by atoms with E-state index in [1.54, 1.807) is 12.2 Å². The maximum Gasteiger partial charge on any atom is 0.229 e. The number of hydrogen-bond acceptors (Lipinski definition) is 1. The molecule has 0 saturated heterocycles. The lowest BCUT2D eigenvalue weighted by Crippen LogP contribution is -2.26. The Morgan fingerprint density at radius 1 is 1.82 bits per heavy atom. The van der Waals surface area contributed by atoms with Crippen LogP contribution in [0.3, 0.4) is 0 Å². The zero-order valence-electron chi connectivity index (χ0n) is 6.08. The van der Waals surface area contributed by atoms with Gasteiger partial charge in [-0.05, 0) is 18.9 Å². The maximum atomic E-state index is 13.3. The van der Waals surface area contributed by atoms with Gasteiger partial charge in [-0.25, -0.2) is 8.60 Å². The van der Waals surface area contributed by atoms with E-state index < -0.39 is 16.1 Å². The second-order valence-corrected chi connectivity index (χ2v) is 3.76. The molecular formula is C7H9FO2S. The molecule has 0 fully saturated rings. The summed E-state index contributed by atoms with van der Waals surface area (Å²) >= 11 is -2.44. The molecule has 4 heteroatoms. The van der Waals surface area contributed by atoms with E-state index in [1.165, 1.54) is 6.08 Å². The van der Waals surface area contributed by atoms with Crippen molar-refractivity contribution in [1.82, 2.24) is 0 Å². The Labute approximate surface area is 67.1 Å². The normalized spacial score (nSPS) is 24.5. The lowest BCUT2D eigenvalue weighted by Gasteiger charge is -2.16. The molecule has 0 bridgehead atoms. The molecule has 1 N–H and O–H groups in total. The molecule has 11 heavy (non-hydrogen) atoms. The van der Waals surface area contributed by atoms with Gasteiger partial charge in [-0.15, -0.1) is 0 Å². The zero-order chi connectivity index (χ0) is 8.48. The minimum Gasteiger partial charge on any atom is -0.303 e. The van der Waals surface area contributed by atoms with Gasteiger partial charge in [-0.2, -0.15) is 0 Å². The lowest BCUT2D eigenvalue weighted by molar-refractivity contribution is 0.329. The summed E-state index contributed by atoms with van der Waals surface area (Å²) in [6.07, 6.45) is 5.40. The van der Waals surface area contributed by atoms with Crippen LogP contribution >= 0.6 is 0 Å². The van der Waals surface area contributed by atoms with Crippen molar-refractivity contribution >= 4 is 11.1 Å². The van der Waals surface area contributed by atoms with Crippen LogP contribution in [0.2, 0.25) is 0 Å². The monoisotopic (exact) mass is 176 g/mol. The van der Waals surface area contributed by atoms with Gasteiger partial charge in [0.1, 0.15) is 0 Å². The van der Waals surface area contributed by atoms with Gasteiger partial charge in [0.2, 0.25) is 5.00 Å². The van der Waals surface area contributed by atoms with Crippen LogP contribution in [-0.4, -0.2) is 13.8 Å². The summed E-state index contributed by atoms with van der Waals surface area (Å²) in [5, 5.41) is -2.09. The van der Waals surface area contributed by atoms with Crippen LogP contribution in [0, 0.1) is 0 Å². The van der Waals surface area contributed by atoms with Crippen LogP contribution in [0.25, 0.3) is 0 Å². The predicted octanol–water partition coefficient (Wildman–Crippen LogP) is 1.78. The molecule has 0 amide bonds. The summed E-state index contributed by atoms with van der Waals surface area (Å²) < 4.78 is 32.3. The third-order valence-electron chi connectivity index (χ3n) is 1.67. The molecule has 1 rings (SSSR count). The third kappa shape index (κ3) is 1.57. The fourth-order valence-electron chi connectivity index (χ4n) is 0.891. The van der Waals surface area contributed by atoms with E-state index in [-0.39, 0.29) is 0 Å². The van der Waals surface area contributed by atoms with E-state index in [9.17, 15) is 8.60 Å². The van der Waals surface area contributed by atoms with E-state index in [0.29, 0.717) is 12.0 Å². The van der Waals surface area contributed by atoms with Crippen molar-refractivity contribution in [2.45, 2.75) is 18.3 Å². The lowest BCUT2D eigenvalue weighted by atomic mass is 10.1. The van der Waals surface area contributed by atoms with E-state index in [4.69, 9.17) is 4.55 Å². The van der Waals surface area contributed by atoms with Gasteiger partial charge in [0.25, 0.3) is 0 Å². The van der Waals surface area contributed by atoms with E-state index in [1.807, 2.05) is 0 Å². The average molecular weight is 176 g/mol. The maximum absolute atomic E-state index is 13.3. The van der Waals surface area contributed by atoms with Crippen molar-refractivity contribution in [1.29, 1.82) is 0 Å². The van der Waals surface area contributed by atoms with E-state index >= 15 is 0 Å². The number of rotatable bonds is 2. The van der Waals surface area contributed by atoms with E-state index in [2.05, 4.69) is 0 Å². The fraction of sp³-hybridized carbons (Fsp3) is 0.429.